The van der Waals surface area contributed by atoms with Gasteiger partial charge in [-0.25, -0.2) is 0 Å². The summed E-state index contributed by atoms with van der Waals surface area (Å²) >= 11 is 0. The summed E-state index contributed by atoms with van der Waals surface area (Å²) in [4.78, 5) is 14.5. The van der Waals surface area contributed by atoms with Gasteiger partial charge < -0.3 is 14.8 Å². The summed E-state index contributed by atoms with van der Waals surface area (Å²) in [6.07, 6.45) is 0. The molecule has 2 aromatic rings. The molecule has 0 spiro atoms. The Bertz CT molecular complexity index is 614. The van der Waals surface area contributed by atoms with Gasteiger partial charge in [-0.2, -0.15) is 4.98 Å². The van der Waals surface area contributed by atoms with Crippen LogP contribution in [0.15, 0.2) is 36.4 Å². The van der Waals surface area contributed by atoms with Gasteiger partial charge in [0.25, 0.3) is 0 Å². The second kappa shape index (κ2) is 5.87. The van der Waals surface area contributed by atoms with E-state index in [1.54, 1.807) is 38.4 Å². The van der Waals surface area contributed by atoms with E-state index in [0.29, 0.717) is 17.3 Å². The molecule has 0 unspecified atom stereocenters. The van der Waals surface area contributed by atoms with Crippen LogP contribution in [0.5, 0.6) is 17.4 Å². The van der Waals surface area contributed by atoms with Gasteiger partial charge in [-0.1, -0.05) is 0 Å². The number of nitro groups is 1. The lowest BCUT2D eigenvalue weighted by Crippen LogP contribution is -1.99. The molecule has 0 aliphatic carbocycles. The summed E-state index contributed by atoms with van der Waals surface area (Å²) in [6, 6.07) is 9.55. The quantitative estimate of drug-likeness (QED) is 0.667. The number of nitrogens with zero attached hydrogens (tertiary/aromatic N) is 2. The molecular formula is C13H13N3O4. The van der Waals surface area contributed by atoms with E-state index < -0.39 is 4.92 Å². The number of nitrogens with one attached hydrogen (secondary N) is 1. The number of pyridine rings is 1. The lowest BCUT2D eigenvalue weighted by atomic mass is 10.3. The summed E-state index contributed by atoms with van der Waals surface area (Å²) in [7, 11) is 3.23. The van der Waals surface area contributed by atoms with Crippen LogP contribution in [0.3, 0.4) is 0 Å². The van der Waals surface area contributed by atoms with Crippen LogP contribution < -0.4 is 14.8 Å². The molecule has 1 aromatic carbocycles. The highest BCUT2D eigenvalue weighted by atomic mass is 16.6. The molecule has 7 heteroatoms. The topological polar surface area (TPSA) is 86.5 Å². The first kappa shape index (κ1) is 13.6. The van der Waals surface area contributed by atoms with Gasteiger partial charge in [0.05, 0.1) is 12.0 Å². The second-order valence-corrected chi connectivity index (χ2v) is 3.81. The number of ether oxygens (including phenoxy) is 2. The Kier molecular flexibility index (Phi) is 3.99. The van der Waals surface area contributed by atoms with Crippen molar-refractivity contribution in [3.8, 4) is 17.4 Å². The molecule has 1 heterocycles. The largest absolute Gasteiger partial charge is 0.497 e. The Morgan fingerprint density at radius 2 is 1.80 bits per heavy atom. The Morgan fingerprint density at radius 3 is 2.35 bits per heavy atom. The number of hydrogen-bond donors (Lipinski definition) is 1. The number of rotatable bonds is 5. The molecule has 0 fully saturated rings. The number of anilines is 1. The zero-order chi connectivity index (χ0) is 14.5. The van der Waals surface area contributed by atoms with Crippen molar-refractivity contribution >= 4 is 11.5 Å². The first-order chi connectivity index (χ1) is 9.63. The first-order valence-electron chi connectivity index (χ1n) is 5.79. The lowest BCUT2D eigenvalue weighted by molar-refractivity contribution is -0.386. The second-order valence-electron chi connectivity index (χ2n) is 3.81. The summed E-state index contributed by atoms with van der Waals surface area (Å²) in [5, 5.41) is 13.8. The molecule has 1 N–H and O–H groups in total. The SMILES string of the molecule is CNc1ccc([N+](=O)[O-])c(Oc2ccc(OC)cc2)n1. The molecule has 0 saturated heterocycles. The zero-order valence-corrected chi connectivity index (χ0v) is 11.0. The van der Waals surface area contributed by atoms with Crippen LogP contribution in [0.2, 0.25) is 0 Å². The van der Waals surface area contributed by atoms with Crippen molar-refractivity contribution in [3.63, 3.8) is 0 Å². The molecule has 1 aromatic heterocycles. The lowest BCUT2D eigenvalue weighted by Gasteiger charge is -2.07. The summed E-state index contributed by atoms with van der Waals surface area (Å²) < 4.78 is 10.5. The van der Waals surface area contributed by atoms with Crippen molar-refractivity contribution in [1.29, 1.82) is 0 Å². The van der Waals surface area contributed by atoms with E-state index in [2.05, 4.69) is 10.3 Å². The molecule has 0 saturated carbocycles. The van der Waals surface area contributed by atoms with Gasteiger partial charge >= 0.3 is 11.6 Å². The fourth-order valence-corrected chi connectivity index (χ4v) is 1.54. The fraction of sp³-hybridized carbons (Fsp3) is 0.154. The van der Waals surface area contributed by atoms with Gasteiger partial charge in [0.15, 0.2) is 0 Å². The molecule has 104 valence electrons. The van der Waals surface area contributed by atoms with Crippen LogP contribution in [0, 0.1) is 10.1 Å². The van der Waals surface area contributed by atoms with Crippen molar-refractivity contribution < 1.29 is 14.4 Å². The van der Waals surface area contributed by atoms with Crippen LogP contribution >= 0.6 is 0 Å². The standard InChI is InChI=1S/C13H13N3O4/c1-14-12-8-7-11(16(17)18)13(15-12)20-10-5-3-9(19-2)4-6-10/h3-8H,1-2H3,(H,14,15). The fourth-order valence-electron chi connectivity index (χ4n) is 1.54. The summed E-state index contributed by atoms with van der Waals surface area (Å²) in [6.45, 7) is 0. The maximum absolute atomic E-state index is 11.0. The van der Waals surface area contributed by atoms with Gasteiger partial charge in [0.2, 0.25) is 0 Å². The molecule has 0 aliphatic heterocycles. The van der Waals surface area contributed by atoms with E-state index in [1.807, 2.05) is 0 Å². The van der Waals surface area contributed by atoms with Crippen molar-refractivity contribution in [1.82, 2.24) is 4.98 Å². The minimum absolute atomic E-state index is 0.0629. The average Bonchev–Trinajstić information content (AvgIpc) is 2.47. The number of methoxy groups -OCH3 is 1. The maximum Gasteiger partial charge on any atom is 0.331 e. The monoisotopic (exact) mass is 275 g/mol. The normalized spacial score (nSPS) is 9.90. The van der Waals surface area contributed by atoms with Gasteiger partial charge in [0, 0.05) is 13.1 Å². The van der Waals surface area contributed by atoms with Crippen LogP contribution in [0.4, 0.5) is 11.5 Å². The van der Waals surface area contributed by atoms with E-state index in [1.165, 1.54) is 12.1 Å². The highest BCUT2D eigenvalue weighted by molar-refractivity contribution is 5.50. The van der Waals surface area contributed by atoms with Crippen molar-refractivity contribution in [2.24, 2.45) is 0 Å². The van der Waals surface area contributed by atoms with Crippen LogP contribution in [0.1, 0.15) is 0 Å². The molecule has 7 nitrogen and oxygen atoms in total. The van der Waals surface area contributed by atoms with Crippen LogP contribution in [-0.4, -0.2) is 24.1 Å². The summed E-state index contributed by atoms with van der Waals surface area (Å²) in [5.74, 6) is 1.53. The van der Waals surface area contributed by atoms with E-state index in [-0.39, 0.29) is 11.6 Å². The number of hydrogen-bond acceptors (Lipinski definition) is 6. The highest BCUT2D eigenvalue weighted by Crippen LogP contribution is 2.31. The molecule has 20 heavy (non-hydrogen) atoms. The highest BCUT2D eigenvalue weighted by Gasteiger charge is 2.18. The predicted molar refractivity (Wildman–Crippen MR) is 73.5 cm³/mol. The minimum atomic E-state index is -0.536. The smallest absolute Gasteiger partial charge is 0.331 e. The van der Waals surface area contributed by atoms with Crippen molar-refractivity contribution in [2.75, 3.05) is 19.5 Å². The Hall–Kier alpha value is -2.83. The third kappa shape index (κ3) is 2.94. The molecule has 0 amide bonds. The molecule has 2 rings (SSSR count). The van der Waals surface area contributed by atoms with Gasteiger partial charge in [-0.15, -0.1) is 0 Å². The molecular weight excluding hydrogens is 262 g/mol. The Morgan fingerprint density at radius 1 is 1.15 bits per heavy atom. The summed E-state index contributed by atoms with van der Waals surface area (Å²) in [5.41, 5.74) is -0.195. The van der Waals surface area contributed by atoms with E-state index in [4.69, 9.17) is 9.47 Å². The van der Waals surface area contributed by atoms with Crippen LogP contribution in [0.25, 0.3) is 0 Å². The van der Waals surface area contributed by atoms with E-state index in [9.17, 15) is 10.1 Å². The predicted octanol–water partition coefficient (Wildman–Crippen LogP) is 2.83. The van der Waals surface area contributed by atoms with Crippen molar-refractivity contribution in [3.05, 3.63) is 46.5 Å². The van der Waals surface area contributed by atoms with E-state index >= 15 is 0 Å². The first-order valence-corrected chi connectivity index (χ1v) is 5.79. The maximum atomic E-state index is 11.0. The molecule has 0 bridgehead atoms. The van der Waals surface area contributed by atoms with Crippen molar-refractivity contribution in [2.45, 2.75) is 0 Å². The third-order valence-corrected chi connectivity index (χ3v) is 2.57. The molecule has 0 radical (unpaired) electrons. The van der Waals surface area contributed by atoms with Gasteiger partial charge in [-0.05, 0) is 30.3 Å². The van der Waals surface area contributed by atoms with E-state index in [0.717, 1.165) is 0 Å². The Labute approximate surface area is 115 Å². The third-order valence-electron chi connectivity index (χ3n) is 2.57. The van der Waals surface area contributed by atoms with Crippen LogP contribution in [-0.2, 0) is 0 Å². The Balaban J connectivity index is 2.32. The number of benzene rings is 1. The minimum Gasteiger partial charge on any atom is -0.497 e. The van der Waals surface area contributed by atoms with Gasteiger partial charge in [-0.3, -0.25) is 10.1 Å². The van der Waals surface area contributed by atoms with Gasteiger partial charge in [0.1, 0.15) is 17.3 Å². The number of aromatic nitrogens is 1. The average molecular weight is 275 g/mol. The zero-order valence-electron chi connectivity index (χ0n) is 11.0. The molecule has 0 aliphatic rings. The molecule has 0 atom stereocenters.